The van der Waals surface area contributed by atoms with Gasteiger partial charge >= 0.3 is 0 Å². The molecule has 1 heterocycles. The Labute approximate surface area is 105 Å². The fourth-order valence-corrected chi connectivity index (χ4v) is 1.53. The van der Waals surface area contributed by atoms with Gasteiger partial charge in [-0.25, -0.2) is 14.4 Å². The van der Waals surface area contributed by atoms with Crippen LogP contribution in [-0.4, -0.2) is 9.97 Å². The van der Waals surface area contributed by atoms with E-state index in [0.29, 0.717) is 10.2 Å². The van der Waals surface area contributed by atoms with Crippen LogP contribution < -0.4 is 4.74 Å². The van der Waals surface area contributed by atoms with Gasteiger partial charge in [-0.2, -0.15) is 5.26 Å². The molecule has 0 aliphatic carbocycles. The highest BCUT2D eigenvalue weighted by atomic mass is 79.9. The van der Waals surface area contributed by atoms with Crippen LogP contribution in [0.15, 0.2) is 35.1 Å². The van der Waals surface area contributed by atoms with Crippen molar-refractivity contribution in [2.75, 3.05) is 0 Å². The molecule has 0 fully saturated rings. The maximum atomic E-state index is 12.8. The van der Waals surface area contributed by atoms with Crippen molar-refractivity contribution in [3.63, 3.8) is 0 Å². The fourth-order valence-electron chi connectivity index (χ4n) is 1.10. The minimum Gasteiger partial charge on any atom is -0.436 e. The molecule has 0 aliphatic rings. The zero-order valence-electron chi connectivity index (χ0n) is 8.39. The minimum atomic E-state index is -0.366. The van der Waals surface area contributed by atoms with Gasteiger partial charge in [0.25, 0.3) is 0 Å². The molecular weight excluding hydrogens is 289 g/mol. The van der Waals surface area contributed by atoms with E-state index in [2.05, 4.69) is 25.9 Å². The van der Waals surface area contributed by atoms with E-state index in [1.165, 1.54) is 30.6 Å². The van der Waals surface area contributed by atoms with Gasteiger partial charge in [0.15, 0.2) is 5.69 Å². The molecule has 0 amide bonds. The van der Waals surface area contributed by atoms with E-state index in [0.717, 1.165) is 0 Å². The van der Waals surface area contributed by atoms with Gasteiger partial charge in [-0.1, -0.05) is 0 Å². The first-order valence-corrected chi connectivity index (χ1v) is 5.33. The van der Waals surface area contributed by atoms with E-state index in [1.807, 2.05) is 6.07 Å². The number of hydrogen-bond acceptors (Lipinski definition) is 4. The maximum absolute atomic E-state index is 12.8. The first kappa shape index (κ1) is 11.5. The van der Waals surface area contributed by atoms with Gasteiger partial charge in [0.2, 0.25) is 5.88 Å². The molecular formula is C11H5BrFN3O. The van der Waals surface area contributed by atoms with Crippen molar-refractivity contribution in [3.8, 4) is 17.7 Å². The molecule has 0 saturated heterocycles. The van der Waals surface area contributed by atoms with E-state index in [-0.39, 0.29) is 17.4 Å². The average molecular weight is 294 g/mol. The van der Waals surface area contributed by atoms with Gasteiger partial charge in [-0.3, -0.25) is 0 Å². The van der Waals surface area contributed by atoms with Crippen LogP contribution in [0.3, 0.4) is 0 Å². The number of nitriles is 1. The van der Waals surface area contributed by atoms with Gasteiger partial charge in [0.05, 0.1) is 16.9 Å². The largest absolute Gasteiger partial charge is 0.436 e. The Bertz CT molecular complexity index is 580. The third-order valence-corrected chi connectivity index (χ3v) is 2.47. The molecule has 2 rings (SSSR count). The average Bonchev–Trinajstić information content (AvgIpc) is 2.34. The number of benzene rings is 1. The van der Waals surface area contributed by atoms with Crippen LogP contribution in [0, 0.1) is 17.1 Å². The summed E-state index contributed by atoms with van der Waals surface area (Å²) in [6.45, 7) is 0. The van der Waals surface area contributed by atoms with Gasteiger partial charge < -0.3 is 4.74 Å². The normalized spacial score (nSPS) is 9.71. The van der Waals surface area contributed by atoms with Crippen molar-refractivity contribution < 1.29 is 9.13 Å². The molecule has 6 heteroatoms. The maximum Gasteiger partial charge on any atom is 0.237 e. The van der Waals surface area contributed by atoms with E-state index in [9.17, 15) is 4.39 Å². The summed E-state index contributed by atoms with van der Waals surface area (Å²) >= 11 is 3.17. The van der Waals surface area contributed by atoms with Crippen molar-refractivity contribution in [1.29, 1.82) is 5.26 Å². The zero-order valence-corrected chi connectivity index (χ0v) is 9.98. The second-order valence-electron chi connectivity index (χ2n) is 3.03. The second kappa shape index (κ2) is 4.89. The molecule has 0 unspecified atom stereocenters. The quantitative estimate of drug-likeness (QED) is 0.854. The van der Waals surface area contributed by atoms with Crippen molar-refractivity contribution >= 4 is 15.9 Å². The van der Waals surface area contributed by atoms with Gasteiger partial charge in [-0.05, 0) is 34.1 Å². The number of rotatable bonds is 2. The Kier molecular flexibility index (Phi) is 3.30. The number of aromatic nitrogens is 2. The molecule has 0 N–H and O–H groups in total. The molecule has 0 saturated carbocycles. The summed E-state index contributed by atoms with van der Waals surface area (Å²) in [5, 5.41) is 8.55. The summed E-state index contributed by atoms with van der Waals surface area (Å²) in [5.41, 5.74) is 0.204. The number of hydrogen-bond donors (Lipinski definition) is 0. The predicted molar refractivity (Wildman–Crippen MR) is 60.9 cm³/mol. The number of halogens is 2. The lowest BCUT2D eigenvalue weighted by Gasteiger charge is -2.05. The highest BCUT2D eigenvalue weighted by molar-refractivity contribution is 9.10. The first-order valence-electron chi connectivity index (χ1n) is 4.54. The van der Waals surface area contributed by atoms with Crippen molar-refractivity contribution in [2.45, 2.75) is 0 Å². The number of ether oxygens (including phenoxy) is 1. The van der Waals surface area contributed by atoms with Crippen LogP contribution in [0.2, 0.25) is 0 Å². The molecule has 0 aliphatic heterocycles. The summed E-state index contributed by atoms with van der Waals surface area (Å²) in [7, 11) is 0. The van der Waals surface area contributed by atoms with Gasteiger partial charge in [0, 0.05) is 0 Å². The van der Waals surface area contributed by atoms with E-state index in [4.69, 9.17) is 10.00 Å². The zero-order chi connectivity index (χ0) is 12.3. The van der Waals surface area contributed by atoms with Crippen molar-refractivity contribution in [3.05, 3.63) is 46.6 Å². The summed E-state index contributed by atoms with van der Waals surface area (Å²) in [4.78, 5) is 7.69. The lowest BCUT2D eigenvalue weighted by Crippen LogP contribution is -1.92. The lowest BCUT2D eigenvalue weighted by atomic mass is 10.3. The smallest absolute Gasteiger partial charge is 0.237 e. The Balaban J connectivity index is 2.23. The van der Waals surface area contributed by atoms with Gasteiger partial charge in [-0.15, -0.1) is 0 Å². The van der Waals surface area contributed by atoms with Crippen LogP contribution in [0.1, 0.15) is 5.69 Å². The van der Waals surface area contributed by atoms with E-state index >= 15 is 0 Å². The third-order valence-electron chi connectivity index (χ3n) is 1.85. The van der Waals surface area contributed by atoms with Crippen LogP contribution in [-0.2, 0) is 0 Å². The summed E-state index contributed by atoms with van der Waals surface area (Å²) in [6.07, 6.45) is 2.63. The molecule has 1 aromatic heterocycles. The molecule has 0 radical (unpaired) electrons. The van der Waals surface area contributed by atoms with Gasteiger partial charge in [0.1, 0.15) is 17.6 Å². The summed E-state index contributed by atoms with van der Waals surface area (Å²) in [5.74, 6) is 0.289. The monoisotopic (exact) mass is 293 g/mol. The van der Waals surface area contributed by atoms with E-state index in [1.54, 1.807) is 0 Å². The highest BCUT2D eigenvalue weighted by Crippen LogP contribution is 2.28. The molecule has 17 heavy (non-hydrogen) atoms. The third kappa shape index (κ3) is 2.77. The van der Waals surface area contributed by atoms with Crippen LogP contribution >= 0.6 is 15.9 Å². The summed E-state index contributed by atoms with van der Waals surface area (Å²) < 4.78 is 18.7. The molecule has 4 nitrogen and oxygen atoms in total. The minimum absolute atomic E-state index is 0.204. The van der Waals surface area contributed by atoms with Crippen LogP contribution in [0.25, 0.3) is 0 Å². The summed E-state index contributed by atoms with van der Waals surface area (Å²) in [6, 6.07) is 5.88. The van der Waals surface area contributed by atoms with E-state index < -0.39 is 0 Å². The van der Waals surface area contributed by atoms with Crippen molar-refractivity contribution in [1.82, 2.24) is 9.97 Å². The Morgan fingerprint density at radius 2 is 2.12 bits per heavy atom. The molecule has 0 atom stereocenters. The molecule has 84 valence electrons. The Morgan fingerprint density at radius 3 is 2.71 bits per heavy atom. The fraction of sp³-hybridized carbons (Fsp3) is 0. The molecule has 0 spiro atoms. The molecule has 0 bridgehead atoms. The van der Waals surface area contributed by atoms with Crippen LogP contribution in [0.5, 0.6) is 11.6 Å². The SMILES string of the molecule is N#Cc1cnc(Oc2ccc(F)cc2Br)cn1. The highest BCUT2D eigenvalue weighted by Gasteiger charge is 2.05. The topological polar surface area (TPSA) is 58.8 Å². The van der Waals surface area contributed by atoms with Crippen molar-refractivity contribution in [2.24, 2.45) is 0 Å². The molecule has 1 aromatic carbocycles. The second-order valence-corrected chi connectivity index (χ2v) is 3.88. The Hall–Kier alpha value is -2.00. The predicted octanol–water partition coefficient (Wildman–Crippen LogP) is 3.04. The lowest BCUT2D eigenvalue weighted by molar-refractivity contribution is 0.455. The molecule has 2 aromatic rings. The van der Waals surface area contributed by atoms with Crippen LogP contribution in [0.4, 0.5) is 4.39 Å². The first-order chi connectivity index (χ1) is 8.19. The number of nitrogens with zero attached hydrogens (tertiary/aromatic N) is 3. The Morgan fingerprint density at radius 1 is 1.29 bits per heavy atom. The standard InChI is InChI=1S/C11H5BrFN3O/c12-9-3-7(13)1-2-10(9)17-11-6-15-8(4-14)5-16-11/h1-3,5-6H.